The summed E-state index contributed by atoms with van der Waals surface area (Å²) in [6.45, 7) is 3.66. The van der Waals surface area contributed by atoms with Crippen molar-refractivity contribution >= 4 is 35.0 Å². The molecule has 0 saturated carbocycles. The van der Waals surface area contributed by atoms with Crippen LogP contribution in [0, 0.1) is 0 Å². The third-order valence-electron chi connectivity index (χ3n) is 4.82. The maximum absolute atomic E-state index is 13.1. The fraction of sp³-hybridized carbons (Fsp3) is 0.526. The molecule has 0 radical (unpaired) electrons. The largest absolute Gasteiger partial charge is 0.368 e. The number of nitrogens with zero attached hydrogens (tertiary/aromatic N) is 3. The molecule has 0 bridgehead atoms. The highest BCUT2D eigenvalue weighted by molar-refractivity contribution is 7.99. The van der Waals surface area contributed by atoms with Gasteiger partial charge >= 0.3 is 0 Å². The van der Waals surface area contributed by atoms with Crippen molar-refractivity contribution in [2.45, 2.75) is 43.9 Å². The normalized spacial score (nSPS) is 23.5. The van der Waals surface area contributed by atoms with Gasteiger partial charge in [0.15, 0.2) is 0 Å². The lowest BCUT2D eigenvalue weighted by Crippen LogP contribution is -2.41. The molecular weight excluding hydrogens is 348 g/mol. The Morgan fingerprint density at radius 1 is 1.27 bits per heavy atom. The van der Waals surface area contributed by atoms with Gasteiger partial charge in [-0.3, -0.25) is 14.6 Å². The van der Waals surface area contributed by atoms with Gasteiger partial charge in [-0.15, -0.1) is 0 Å². The van der Waals surface area contributed by atoms with Crippen molar-refractivity contribution in [1.29, 1.82) is 0 Å². The van der Waals surface area contributed by atoms with Gasteiger partial charge in [-0.1, -0.05) is 31.5 Å². The van der Waals surface area contributed by atoms with Crippen LogP contribution >= 0.6 is 11.8 Å². The Kier molecular flexibility index (Phi) is 6.19. The molecule has 1 saturated heterocycles. The third kappa shape index (κ3) is 4.20. The summed E-state index contributed by atoms with van der Waals surface area (Å²) in [7, 11) is 0. The first-order valence-corrected chi connectivity index (χ1v) is 10.3. The maximum Gasteiger partial charge on any atom is 0.270 e. The number of amides is 2. The van der Waals surface area contributed by atoms with Gasteiger partial charge in [0.25, 0.3) is 5.91 Å². The molecule has 26 heavy (non-hydrogen) atoms. The average Bonchev–Trinajstić information content (AvgIpc) is 2.97. The summed E-state index contributed by atoms with van der Waals surface area (Å²) in [6, 6.07) is 8.79. The second-order valence-electron chi connectivity index (χ2n) is 6.67. The lowest BCUT2D eigenvalue weighted by molar-refractivity contribution is -0.124. The molecule has 2 N–H and O–H groups in total. The van der Waals surface area contributed by atoms with E-state index in [0.29, 0.717) is 11.0 Å². The van der Waals surface area contributed by atoms with E-state index in [2.05, 4.69) is 12.0 Å². The standard InChI is InChI=1S/C19H26N4O2S/c1-2-26-15-10-6-7-11-22(13-15)19(25)16-12-17(18(20)24)23(21-16)14-8-4-3-5-9-14/h3-5,8-9,15,17H,2,6-7,10-13H2,1H3,(H2,20,24)/t15-,17-/m0/s1. The van der Waals surface area contributed by atoms with Crippen LogP contribution in [0.25, 0.3) is 0 Å². The summed E-state index contributed by atoms with van der Waals surface area (Å²) < 4.78 is 0. The molecule has 0 aromatic heterocycles. The first-order chi connectivity index (χ1) is 12.6. The fourth-order valence-electron chi connectivity index (χ4n) is 3.52. The smallest absolute Gasteiger partial charge is 0.270 e. The highest BCUT2D eigenvalue weighted by Gasteiger charge is 2.37. The summed E-state index contributed by atoms with van der Waals surface area (Å²) in [5.74, 6) is 0.535. The van der Waals surface area contributed by atoms with E-state index in [1.807, 2.05) is 47.0 Å². The van der Waals surface area contributed by atoms with Crippen molar-refractivity contribution in [3.63, 3.8) is 0 Å². The Morgan fingerprint density at radius 3 is 2.73 bits per heavy atom. The maximum atomic E-state index is 13.1. The van der Waals surface area contributed by atoms with E-state index in [4.69, 9.17) is 5.73 Å². The lowest BCUT2D eigenvalue weighted by atomic mass is 10.1. The number of anilines is 1. The van der Waals surface area contributed by atoms with E-state index in [9.17, 15) is 9.59 Å². The van der Waals surface area contributed by atoms with Crippen LogP contribution < -0.4 is 10.7 Å². The van der Waals surface area contributed by atoms with E-state index >= 15 is 0 Å². The number of carbonyl (C=O) groups excluding carboxylic acids is 2. The molecule has 1 aromatic rings. The minimum Gasteiger partial charge on any atom is -0.368 e. The van der Waals surface area contributed by atoms with Gasteiger partial charge in [-0.25, -0.2) is 0 Å². The molecule has 2 aliphatic heterocycles. The van der Waals surface area contributed by atoms with Crippen molar-refractivity contribution in [2.75, 3.05) is 23.9 Å². The lowest BCUT2D eigenvalue weighted by Gasteiger charge is -2.23. The van der Waals surface area contributed by atoms with E-state index < -0.39 is 11.9 Å². The molecule has 2 atom stereocenters. The highest BCUT2D eigenvalue weighted by Crippen LogP contribution is 2.26. The second-order valence-corrected chi connectivity index (χ2v) is 8.25. The monoisotopic (exact) mass is 374 g/mol. The Labute approximate surface area is 158 Å². The quantitative estimate of drug-likeness (QED) is 0.857. The number of carbonyl (C=O) groups is 2. The zero-order chi connectivity index (χ0) is 18.5. The predicted molar refractivity (Wildman–Crippen MR) is 106 cm³/mol. The van der Waals surface area contributed by atoms with Crippen LogP contribution in [0.5, 0.6) is 0 Å². The summed E-state index contributed by atoms with van der Waals surface area (Å²) in [4.78, 5) is 26.9. The van der Waals surface area contributed by atoms with Crippen molar-refractivity contribution in [3.8, 4) is 0 Å². The van der Waals surface area contributed by atoms with Crippen molar-refractivity contribution < 1.29 is 9.59 Å². The molecule has 7 heteroatoms. The van der Waals surface area contributed by atoms with E-state index in [1.165, 1.54) is 0 Å². The van der Waals surface area contributed by atoms with Gasteiger partial charge in [0.2, 0.25) is 5.91 Å². The molecule has 2 heterocycles. The minimum atomic E-state index is -0.607. The SMILES string of the molecule is CCS[C@H]1CCCCN(C(=O)C2=NN(c3ccccc3)[C@H](C(N)=O)C2)C1. The number of thioether (sulfide) groups is 1. The van der Waals surface area contributed by atoms with E-state index in [0.717, 1.165) is 43.8 Å². The Morgan fingerprint density at radius 2 is 2.04 bits per heavy atom. The molecule has 2 amide bonds. The van der Waals surface area contributed by atoms with Crippen LogP contribution in [0.2, 0.25) is 0 Å². The van der Waals surface area contributed by atoms with Gasteiger partial charge in [0.05, 0.1) is 5.69 Å². The summed E-state index contributed by atoms with van der Waals surface area (Å²) in [5.41, 5.74) is 6.77. The zero-order valence-corrected chi connectivity index (χ0v) is 16.0. The molecule has 1 fully saturated rings. The topological polar surface area (TPSA) is 79.0 Å². The summed E-state index contributed by atoms with van der Waals surface area (Å²) >= 11 is 1.91. The second kappa shape index (κ2) is 8.58. The molecule has 0 aliphatic carbocycles. The molecule has 0 unspecified atom stereocenters. The highest BCUT2D eigenvalue weighted by atomic mass is 32.2. The Bertz CT molecular complexity index is 679. The van der Waals surface area contributed by atoms with Gasteiger partial charge in [-0.2, -0.15) is 16.9 Å². The molecule has 2 aliphatic rings. The van der Waals surface area contributed by atoms with Crippen molar-refractivity contribution in [1.82, 2.24) is 4.90 Å². The van der Waals surface area contributed by atoms with E-state index in [-0.39, 0.29) is 12.3 Å². The molecule has 0 spiro atoms. The number of nitrogens with two attached hydrogens (primary N) is 1. The number of benzene rings is 1. The van der Waals surface area contributed by atoms with Crippen LogP contribution in [0.3, 0.4) is 0 Å². The van der Waals surface area contributed by atoms with Crippen LogP contribution in [-0.4, -0.2) is 52.6 Å². The van der Waals surface area contributed by atoms with Crippen LogP contribution in [0.1, 0.15) is 32.6 Å². The summed E-state index contributed by atoms with van der Waals surface area (Å²) in [5, 5.41) is 6.56. The number of likely N-dealkylation sites (tertiary alicyclic amines) is 1. The molecule has 3 rings (SSSR count). The number of hydrazone groups is 1. The fourth-order valence-corrected chi connectivity index (χ4v) is 4.61. The Balaban J connectivity index is 1.79. The molecular formula is C19H26N4O2S. The first kappa shape index (κ1) is 18.8. The number of para-hydroxylation sites is 1. The van der Waals surface area contributed by atoms with Gasteiger partial charge < -0.3 is 10.6 Å². The van der Waals surface area contributed by atoms with Gasteiger partial charge in [0, 0.05) is 24.8 Å². The average molecular weight is 375 g/mol. The van der Waals surface area contributed by atoms with Crippen LogP contribution in [-0.2, 0) is 9.59 Å². The van der Waals surface area contributed by atoms with Crippen LogP contribution in [0.15, 0.2) is 35.4 Å². The van der Waals surface area contributed by atoms with Crippen molar-refractivity contribution in [3.05, 3.63) is 30.3 Å². The van der Waals surface area contributed by atoms with E-state index in [1.54, 1.807) is 5.01 Å². The van der Waals surface area contributed by atoms with Crippen molar-refractivity contribution in [2.24, 2.45) is 10.8 Å². The van der Waals surface area contributed by atoms with Crippen LogP contribution in [0.4, 0.5) is 5.69 Å². The molecule has 6 nitrogen and oxygen atoms in total. The number of primary amides is 1. The van der Waals surface area contributed by atoms with Gasteiger partial charge in [0.1, 0.15) is 11.8 Å². The number of hydrogen-bond donors (Lipinski definition) is 1. The number of hydrogen-bond acceptors (Lipinski definition) is 5. The summed E-state index contributed by atoms with van der Waals surface area (Å²) in [6.07, 6.45) is 3.58. The number of rotatable bonds is 5. The minimum absolute atomic E-state index is 0.0571. The molecule has 140 valence electrons. The Hall–Kier alpha value is -2.02. The first-order valence-electron chi connectivity index (χ1n) is 9.22. The van der Waals surface area contributed by atoms with Gasteiger partial charge in [-0.05, 0) is 30.7 Å². The predicted octanol–water partition coefficient (Wildman–Crippen LogP) is 2.24. The zero-order valence-electron chi connectivity index (χ0n) is 15.1. The third-order valence-corrected chi connectivity index (χ3v) is 6.01. The molecule has 1 aromatic carbocycles.